The van der Waals surface area contributed by atoms with E-state index in [0.29, 0.717) is 32.0 Å². The molecular weight excluding hydrogens is 442 g/mol. The fourth-order valence-electron chi connectivity index (χ4n) is 3.28. The molecule has 1 N–H and O–H groups in total. The number of rotatable bonds is 7. The Balaban J connectivity index is 1.58. The number of oxime groups is 1. The van der Waals surface area contributed by atoms with Gasteiger partial charge in [0.15, 0.2) is 6.61 Å². The third kappa shape index (κ3) is 6.63. The van der Waals surface area contributed by atoms with Crippen LogP contribution < -0.4 is 5.32 Å². The van der Waals surface area contributed by atoms with Gasteiger partial charge in [-0.15, -0.1) is 0 Å². The van der Waals surface area contributed by atoms with Crippen molar-refractivity contribution in [3.8, 4) is 0 Å². The fraction of sp³-hybridized carbons (Fsp3) is 0.417. The van der Waals surface area contributed by atoms with E-state index >= 15 is 0 Å². The number of carbonyl (C=O) groups excluding carboxylic acids is 1. The van der Waals surface area contributed by atoms with E-state index in [9.17, 15) is 13.2 Å². The minimum atomic E-state index is -3.65. The lowest BCUT2D eigenvalue weighted by Gasteiger charge is -2.26. The number of amides is 1. The second kappa shape index (κ2) is 10.5. The first-order valence-electron chi connectivity index (χ1n) is 10.8. The van der Waals surface area contributed by atoms with Crippen LogP contribution in [0, 0.1) is 6.92 Å². The highest BCUT2D eigenvalue weighted by molar-refractivity contribution is 7.89. The zero-order valence-corrected chi connectivity index (χ0v) is 20.3. The molecule has 1 fully saturated rings. The smallest absolute Gasteiger partial charge is 0.265 e. The van der Waals surface area contributed by atoms with E-state index in [1.807, 2.05) is 24.3 Å². The number of hydrogen-bond acceptors (Lipinski definition) is 6. The van der Waals surface area contributed by atoms with Gasteiger partial charge in [0.1, 0.15) is 0 Å². The molecule has 3 rings (SSSR count). The molecule has 2 aromatic carbocycles. The lowest BCUT2D eigenvalue weighted by atomic mass is 9.87. The molecule has 33 heavy (non-hydrogen) atoms. The van der Waals surface area contributed by atoms with Crippen molar-refractivity contribution in [1.29, 1.82) is 0 Å². The minimum absolute atomic E-state index is 0.0707. The first-order valence-corrected chi connectivity index (χ1v) is 12.3. The zero-order valence-electron chi connectivity index (χ0n) is 19.5. The van der Waals surface area contributed by atoms with Crippen molar-refractivity contribution >= 4 is 27.8 Å². The molecule has 1 heterocycles. The van der Waals surface area contributed by atoms with E-state index in [-0.39, 0.29) is 16.9 Å². The second-order valence-electron chi connectivity index (χ2n) is 8.92. The number of nitrogens with zero attached hydrogens (tertiary/aromatic N) is 2. The normalized spacial score (nSPS) is 15.5. The maximum Gasteiger partial charge on any atom is 0.265 e. The summed E-state index contributed by atoms with van der Waals surface area (Å²) >= 11 is 0. The number of morpholine rings is 1. The van der Waals surface area contributed by atoms with Gasteiger partial charge in [-0.05, 0) is 41.2 Å². The van der Waals surface area contributed by atoms with E-state index in [4.69, 9.17) is 9.57 Å². The van der Waals surface area contributed by atoms with E-state index < -0.39 is 15.9 Å². The Labute approximate surface area is 195 Å². The number of hydrogen-bond donors (Lipinski definition) is 1. The Morgan fingerprint density at radius 3 is 2.45 bits per heavy atom. The van der Waals surface area contributed by atoms with Gasteiger partial charge in [-0.1, -0.05) is 56.3 Å². The van der Waals surface area contributed by atoms with Gasteiger partial charge in [-0.3, -0.25) is 4.79 Å². The summed E-state index contributed by atoms with van der Waals surface area (Å²) in [5.41, 5.74) is 3.31. The van der Waals surface area contributed by atoms with Crippen molar-refractivity contribution in [3.63, 3.8) is 0 Å². The van der Waals surface area contributed by atoms with E-state index in [2.05, 4.69) is 31.2 Å². The Morgan fingerprint density at radius 2 is 1.82 bits per heavy atom. The third-order valence-electron chi connectivity index (χ3n) is 5.34. The molecule has 2 aromatic rings. The molecule has 178 valence electrons. The molecule has 0 aliphatic carbocycles. The lowest BCUT2D eigenvalue weighted by molar-refractivity contribution is -0.120. The molecular formula is C24H31N3O5S. The van der Waals surface area contributed by atoms with E-state index in [1.54, 1.807) is 25.3 Å². The molecule has 0 aromatic heterocycles. The molecule has 0 atom stereocenters. The number of carbonyl (C=O) groups is 1. The fourth-order valence-corrected chi connectivity index (χ4v) is 4.72. The van der Waals surface area contributed by atoms with Gasteiger partial charge in [0, 0.05) is 18.8 Å². The Morgan fingerprint density at radius 1 is 1.15 bits per heavy atom. The average molecular weight is 474 g/mol. The first kappa shape index (κ1) is 24.9. The molecule has 1 aliphatic rings. The van der Waals surface area contributed by atoms with Crippen molar-refractivity contribution < 1.29 is 22.8 Å². The molecule has 0 bridgehead atoms. The second-order valence-corrected chi connectivity index (χ2v) is 10.9. The highest BCUT2D eigenvalue weighted by atomic mass is 32.2. The Kier molecular flexibility index (Phi) is 7.88. The zero-order chi connectivity index (χ0) is 24.1. The summed E-state index contributed by atoms with van der Waals surface area (Å²) in [4.78, 5) is 17.6. The van der Waals surface area contributed by atoms with E-state index in [1.165, 1.54) is 15.9 Å². The molecule has 0 radical (unpaired) electrons. The highest BCUT2D eigenvalue weighted by Crippen LogP contribution is 2.24. The summed E-state index contributed by atoms with van der Waals surface area (Å²) < 4.78 is 32.4. The summed E-state index contributed by atoms with van der Waals surface area (Å²) in [7, 11) is -3.65. The minimum Gasteiger partial charge on any atom is -0.386 e. The Hall–Kier alpha value is -2.75. The van der Waals surface area contributed by atoms with Gasteiger partial charge in [0.2, 0.25) is 10.0 Å². The van der Waals surface area contributed by atoms with Crippen LogP contribution in [-0.4, -0.2) is 57.8 Å². The van der Waals surface area contributed by atoms with Crippen LogP contribution >= 0.6 is 0 Å². The molecule has 0 saturated carbocycles. The van der Waals surface area contributed by atoms with Crippen LogP contribution in [0.3, 0.4) is 0 Å². The van der Waals surface area contributed by atoms with Crippen molar-refractivity contribution in [2.45, 2.75) is 38.0 Å². The number of benzene rings is 2. The topological polar surface area (TPSA) is 97.3 Å². The van der Waals surface area contributed by atoms with Crippen molar-refractivity contribution in [2.75, 3.05) is 38.2 Å². The SMILES string of the molecule is Cc1ccc(S(=O)(=O)N2CCOCC2)cc1NC(=O)CO/N=C/c1ccc(C(C)(C)C)cc1. The van der Waals surface area contributed by atoms with Crippen LogP contribution in [0.2, 0.25) is 0 Å². The number of anilines is 1. The number of sulfonamides is 1. The summed E-state index contributed by atoms with van der Waals surface area (Å²) in [6, 6.07) is 12.6. The van der Waals surface area contributed by atoms with Crippen molar-refractivity contribution in [1.82, 2.24) is 4.31 Å². The van der Waals surface area contributed by atoms with Gasteiger partial charge >= 0.3 is 0 Å². The standard InChI is InChI=1S/C24H31N3O5S/c1-18-5-10-21(33(29,30)27-11-13-31-14-12-27)15-22(18)26-23(28)17-32-25-16-19-6-8-20(9-7-19)24(2,3)4/h5-10,15-16H,11-14,17H2,1-4H3,(H,26,28)/b25-16+. The van der Waals surface area contributed by atoms with Crippen molar-refractivity contribution in [3.05, 3.63) is 59.2 Å². The van der Waals surface area contributed by atoms with Gasteiger partial charge < -0.3 is 14.9 Å². The van der Waals surface area contributed by atoms with Gasteiger partial charge in [-0.25, -0.2) is 8.42 Å². The maximum atomic E-state index is 12.9. The van der Waals surface area contributed by atoms with Gasteiger partial charge in [-0.2, -0.15) is 4.31 Å². The largest absolute Gasteiger partial charge is 0.386 e. The third-order valence-corrected chi connectivity index (χ3v) is 7.23. The maximum absolute atomic E-state index is 12.9. The van der Waals surface area contributed by atoms with E-state index in [0.717, 1.165) is 11.1 Å². The first-order chi connectivity index (χ1) is 15.6. The molecule has 1 amide bonds. The quantitative estimate of drug-likeness (QED) is 0.492. The summed E-state index contributed by atoms with van der Waals surface area (Å²) in [6.07, 6.45) is 1.54. The van der Waals surface area contributed by atoms with Crippen LogP contribution in [0.4, 0.5) is 5.69 Å². The van der Waals surface area contributed by atoms with Crippen molar-refractivity contribution in [2.24, 2.45) is 5.16 Å². The molecule has 0 spiro atoms. The highest BCUT2D eigenvalue weighted by Gasteiger charge is 2.27. The molecule has 1 saturated heterocycles. The van der Waals surface area contributed by atoms with Crippen LogP contribution in [0.25, 0.3) is 0 Å². The summed E-state index contributed by atoms with van der Waals surface area (Å²) in [5, 5.41) is 6.56. The summed E-state index contributed by atoms with van der Waals surface area (Å²) in [6.45, 7) is 9.29. The molecule has 1 aliphatic heterocycles. The number of nitrogens with one attached hydrogen (secondary N) is 1. The lowest BCUT2D eigenvalue weighted by Crippen LogP contribution is -2.40. The predicted octanol–water partition coefficient (Wildman–Crippen LogP) is 3.30. The summed E-state index contributed by atoms with van der Waals surface area (Å²) in [5.74, 6) is -0.431. The Bertz CT molecular complexity index is 1100. The monoisotopic (exact) mass is 473 g/mol. The van der Waals surface area contributed by atoms with Crippen LogP contribution in [-0.2, 0) is 29.8 Å². The van der Waals surface area contributed by atoms with Crippen LogP contribution in [0.1, 0.15) is 37.5 Å². The predicted molar refractivity (Wildman–Crippen MR) is 128 cm³/mol. The number of ether oxygens (including phenoxy) is 1. The van der Waals surface area contributed by atoms with Gasteiger partial charge in [0.05, 0.1) is 24.3 Å². The molecule has 9 heteroatoms. The average Bonchev–Trinajstić information content (AvgIpc) is 2.78. The number of aryl methyl sites for hydroxylation is 1. The molecule has 0 unspecified atom stereocenters. The van der Waals surface area contributed by atoms with Gasteiger partial charge in [0.25, 0.3) is 5.91 Å². The van der Waals surface area contributed by atoms with Crippen LogP contribution in [0.15, 0.2) is 52.5 Å². The molecule has 8 nitrogen and oxygen atoms in total. The van der Waals surface area contributed by atoms with Crippen LogP contribution in [0.5, 0.6) is 0 Å².